The molecule has 7 nitrogen and oxygen atoms in total. The van der Waals surface area contributed by atoms with Gasteiger partial charge in [0.25, 0.3) is 0 Å². The lowest BCUT2D eigenvalue weighted by Crippen LogP contribution is -2.13. The van der Waals surface area contributed by atoms with Crippen LogP contribution >= 0.6 is 0 Å². The number of hydrogen-bond acceptors (Lipinski definition) is 4. The fourth-order valence-corrected chi connectivity index (χ4v) is 4.26. The maximum atomic E-state index is 12.3. The molecule has 7 heteroatoms. The average Bonchev–Trinajstić information content (AvgIpc) is 3.12. The Morgan fingerprint density at radius 2 is 1.76 bits per heavy atom. The Bertz CT molecular complexity index is 1330. The van der Waals surface area contributed by atoms with Crippen LogP contribution in [0, 0.1) is 0 Å². The minimum absolute atomic E-state index is 0.209. The number of carbonyl (C=O) groups excluding carboxylic acids is 1. The van der Waals surface area contributed by atoms with Crippen LogP contribution in [0.3, 0.4) is 0 Å². The lowest BCUT2D eigenvalue weighted by molar-refractivity contribution is -0.146. The number of hydrogen-bond donors (Lipinski definition) is 3. The summed E-state index contributed by atoms with van der Waals surface area (Å²) in [6.45, 7) is 3.34. The van der Waals surface area contributed by atoms with Crippen LogP contribution in [0.1, 0.15) is 46.5 Å². The zero-order valence-corrected chi connectivity index (χ0v) is 18.3. The zero-order chi connectivity index (χ0) is 23.5. The molecule has 1 unspecified atom stereocenters. The molecule has 4 rings (SSSR count). The van der Waals surface area contributed by atoms with Gasteiger partial charge >= 0.3 is 5.97 Å². The van der Waals surface area contributed by atoms with Crippen LogP contribution in [0.25, 0.3) is 21.8 Å². The number of benzene rings is 3. The van der Waals surface area contributed by atoms with Gasteiger partial charge in [0.2, 0.25) is 5.91 Å². The summed E-state index contributed by atoms with van der Waals surface area (Å²) in [5.74, 6) is -1.99. The molecule has 0 bridgehead atoms. The minimum atomic E-state index is -1.77. The number of aliphatic hydroxyl groups excluding tert-OH is 1. The van der Waals surface area contributed by atoms with Crippen molar-refractivity contribution in [1.82, 2.24) is 4.57 Å². The SMILES string of the molecule is CCCOCc1cc(C(O)C(=O)O)c2c3c(C(N)=O)cccc3n(Cc3ccccc3)c2c1. The van der Waals surface area contributed by atoms with Gasteiger partial charge < -0.3 is 25.3 Å². The van der Waals surface area contributed by atoms with Crippen LogP contribution in [0.15, 0.2) is 60.7 Å². The van der Waals surface area contributed by atoms with Gasteiger partial charge in [-0.05, 0) is 41.8 Å². The van der Waals surface area contributed by atoms with Crippen molar-refractivity contribution in [1.29, 1.82) is 0 Å². The van der Waals surface area contributed by atoms with Crippen molar-refractivity contribution in [3.63, 3.8) is 0 Å². The Labute approximate surface area is 191 Å². The van der Waals surface area contributed by atoms with Crippen LogP contribution in [0.2, 0.25) is 0 Å². The second-order valence-electron chi connectivity index (χ2n) is 8.01. The van der Waals surface area contributed by atoms with Crippen molar-refractivity contribution < 1.29 is 24.5 Å². The number of aromatic nitrogens is 1. The number of fused-ring (bicyclic) bond motifs is 3. The van der Waals surface area contributed by atoms with Gasteiger partial charge in [0.05, 0.1) is 17.6 Å². The molecule has 170 valence electrons. The van der Waals surface area contributed by atoms with Gasteiger partial charge in [0.15, 0.2) is 6.10 Å². The number of nitrogens with zero attached hydrogens (tertiary/aromatic N) is 1. The molecule has 0 aliphatic carbocycles. The van der Waals surface area contributed by atoms with Gasteiger partial charge in [0.1, 0.15) is 0 Å². The van der Waals surface area contributed by atoms with E-state index in [-0.39, 0.29) is 17.7 Å². The number of ether oxygens (including phenoxy) is 1. The smallest absolute Gasteiger partial charge is 0.337 e. The third-order valence-corrected chi connectivity index (χ3v) is 5.68. The summed E-state index contributed by atoms with van der Waals surface area (Å²) in [5, 5.41) is 21.3. The van der Waals surface area contributed by atoms with Crippen LogP contribution < -0.4 is 5.73 Å². The lowest BCUT2D eigenvalue weighted by Gasteiger charge is -2.13. The molecule has 0 spiro atoms. The normalized spacial score (nSPS) is 12.3. The second-order valence-corrected chi connectivity index (χ2v) is 8.01. The zero-order valence-electron chi connectivity index (χ0n) is 18.3. The topological polar surface area (TPSA) is 115 Å². The number of aliphatic hydroxyl groups is 1. The number of amides is 1. The number of carboxylic acids is 1. The summed E-state index contributed by atoms with van der Waals surface area (Å²) in [6.07, 6.45) is -0.918. The quantitative estimate of drug-likeness (QED) is 0.336. The molecule has 1 heterocycles. The Balaban J connectivity index is 2.08. The Morgan fingerprint density at radius 1 is 1.00 bits per heavy atom. The molecule has 0 saturated carbocycles. The summed E-state index contributed by atoms with van der Waals surface area (Å²) < 4.78 is 7.72. The Morgan fingerprint density at radius 3 is 2.42 bits per heavy atom. The number of aliphatic carboxylic acids is 1. The van der Waals surface area contributed by atoms with Gasteiger partial charge in [-0.15, -0.1) is 0 Å². The largest absolute Gasteiger partial charge is 0.479 e. The van der Waals surface area contributed by atoms with Crippen molar-refractivity contribution in [2.45, 2.75) is 32.6 Å². The van der Waals surface area contributed by atoms with Crippen molar-refractivity contribution >= 4 is 33.7 Å². The van der Waals surface area contributed by atoms with Crippen molar-refractivity contribution in [3.05, 3.63) is 82.9 Å². The van der Waals surface area contributed by atoms with E-state index in [1.54, 1.807) is 18.2 Å². The number of primary amides is 1. The van der Waals surface area contributed by atoms with Crippen LogP contribution in [0.5, 0.6) is 0 Å². The molecule has 1 atom stereocenters. The predicted molar refractivity (Wildman–Crippen MR) is 126 cm³/mol. The molecule has 33 heavy (non-hydrogen) atoms. The second kappa shape index (κ2) is 9.44. The highest BCUT2D eigenvalue weighted by atomic mass is 16.5. The third-order valence-electron chi connectivity index (χ3n) is 5.68. The maximum absolute atomic E-state index is 12.3. The third kappa shape index (κ3) is 4.33. The lowest BCUT2D eigenvalue weighted by atomic mass is 9.96. The standard InChI is InChI=1S/C26H26N2O5/c1-2-11-33-15-17-12-19(24(29)26(31)32)23-21(13-17)28(14-16-7-4-3-5-8-16)20-10-6-9-18(22(20)23)25(27)30/h3-10,12-13,24,29H,2,11,14-15H2,1H3,(H2,27,30)(H,31,32). The van der Waals surface area contributed by atoms with E-state index in [9.17, 15) is 19.8 Å². The molecular weight excluding hydrogens is 420 g/mol. The highest BCUT2D eigenvalue weighted by Gasteiger charge is 2.26. The fourth-order valence-electron chi connectivity index (χ4n) is 4.26. The maximum Gasteiger partial charge on any atom is 0.337 e. The minimum Gasteiger partial charge on any atom is -0.479 e. The van der Waals surface area contributed by atoms with E-state index in [1.807, 2.05) is 54.0 Å². The first kappa shape index (κ1) is 22.5. The van der Waals surface area contributed by atoms with E-state index in [1.165, 1.54) is 0 Å². The van der Waals surface area contributed by atoms with E-state index in [0.29, 0.717) is 29.4 Å². The highest BCUT2D eigenvalue weighted by molar-refractivity contribution is 6.19. The van der Waals surface area contributed by atoms with Crippen LogP contribution in [-0.4, -0.2) is 33.3 Å². The molecular formula is C26H26N2O5. The van der Waals surface area contributed by atoms with Gasteiger partial charge in [0, 0.05) is 35.1 Å². The van der Waals surface area contributed by atoms with Gasteiger partial charge in [-0.2, -0.15) is 0 Å². The van der Waals surface area contributed by atoms with Crippen LogP contribution in [0.4, 0.5) is 0 Å². The molecule has 0 aliphatic heterocycles. The molecule has 4 N–H and O–H groups in total. The molecule has 1 aromatic heterocycles. The first-order valence-corrected chi connectivity index (χ1v) is 10.8. The Kier molecular flexibility index (Phi) is 6.44. The van der Waals surface area contributed by atoms with E-state index in [2.05, 4.69) is 0 Å². The summed E-state index contributed by atoms with van der Waals surface area (Å²) >= 11 is 0. The molecule has 4 aromatic rings. The molecule has 0 saturated heterocycles. The van der Waals surface area contributed by atoms with Gasteiger partial charge in [-0.25, -0.2) is 4.79 Å². The molecule has 1 amide bonds. The first-order valence-electron chi connectivity index (χ1n) is 10.8. The summed E-state index contributed by atoms with van der Waals surface area (Å²) in [4.78, 5) is 24.1. The van der Waals surface area contributed by atoms with Gasteiger partial charge in [-0.3, -0.25) is 4.79 Å². The highest BCUT2D eigenvalue weighted by Crippen LogP contribution is 2.38. The first-order chi connectivity index (χ1) is 15.9. The summed E-state index contributed by atoms with van der Waals surface area (Å²) in [5.41, 5.74) is 9.38. The number of carbonyl (C=O) groups is 2. The summed E-state index contributed by atoms with van der Waals surface area (Å²) in [6, 6.07) is 18.6. The van der Waals surface area contributed by atoms with Gasteiger partial charge in [-0.1, -0.05) is 43.3 Å². The van der Waals surface area contributed by atoms with E-state index in [4.69, 9.17) is 10.5 Å². The monoisotopic (exact) mass is 446 g/mol. The van der Waals surface area contributed by atoms with E-state index in [0.717, 1.165) is 23.1 Å². The number of carboxylic acid groups (broad SMARTS) is 1. The molecule has 3 aromatic carbocycles. The Hall–Kier alpha value is -3.68. The fraction of sp³-hybridized carbons (Fsp3) is 0.231. The number of nitrogens with two attached hydrogens (primary N) is 1. The van der Waals surface area contributed by atoms with E-state index >= 15 is 0 Å². The molecule has 0 aliphatic rings. The van der Waals surface area contributed by atoms with E-state index < -0.39 is 18.0 Å². The average molecular weight is 447 g/mol. The van der Waals surface area contributed by atoms with Crippen molar-refractivity contribution in [3.8, 4) is 0 Å². The van der Waals surface area contributed by atoms with Crippen LogP contribution in [-0.2, 0) is 22.7 Å². The molecule has 0 radical (unpaired) electrons. The summed E-state index contributed by atoms with van der Waals surface area (Å²) in [7, 11) is 0. The number of rotatable bonds is 9. The molecule has 0 fully saturated rings. The van der Waals surface area contributed by atoms with Crippen molar-refractivity contribution in [2.75, 3.05) is 6.61 Å². The van der Waals surface area contributed by atoms with Crippen molar-refractivity contribution in [2.24, 2.45) is 5.73 Å². The predicted octanol–water partition coefficient (Wildman–Crippen LogP) is 3.99.